The SMILES string of the molecule is CCCCCCCCC/C=C\CCCCCCCCCC(=O)OCCCCCCCCCCCCCCC/C=C\C/C=C\CCCCCCCCCCCCCCCCCCCC(=O)NC(CO)C(O)/C=C/CCCCCCCCCCCCCCCCCCC. The van der Waals surface area contributed by atoms with Crippen molar-refractivity contribution in [2.75, 3.05) is 13.2 Å². The first kappa shape index (κ1) is 88.8. The second-order valence-corrected chi connectivity index (χ2v) is 28.4. The van der Waals surface area contributed by atoms with Crippen molar-refractivity contribution in [2.45, 2.75) is 469 Å². The van der Waals surface area contributed by atoms with Crippen LogP contribution in [0.1, 0.15) is 457 Å². The van der Waals surface area contributed by atoms with E-state index in [9.17, 15) is 19.8 Å². The molecule has 0 aromatic rings. The number of allylic oxidation sites excluding steroid dienone is 7. The molecule has 2 unspecified atom stereocenters. The second kappa shape index (κ2) is 80.3. The minimum absolute atomic E-state index is 0.0163. The molecule has 6 nitrogen and oxygen atoms in total. The molecule has 0 aliphatic rings. The van der Waals surface area contributed by atoms with Crippen LogP contribution in [0.5, 0.6) is 0 Å². The summed E-state index contributed by atoms with van der Waals surface area (Å²) < 4.78 is 5.51. The van der Waals surface area contributed by atoms with Gasteiger partial charge in [0.15, 0.2) is 0 Å². The standard InChI is InChI=1S/C85H161NO5/c1-3-5-7-9-11-13-15-17-19-21-42-45-49-53-57-61-65-69-73-77-83(88)82(81-87)86-84(89)78-74-70-66-62-58-54-50-46-43-40-38-36-34-32-30-28-26-24-23-25-27-29-31-33-35-37-39-41-44-48-52-56-60-64-68-72-76-80-91-85(90)79-75-71-67-63-59-55-51-47-22-20-18-16-14-12-10-8-6-4-2/h20,22-23,25,29,31,73,77,82-83,87-88H,3-19,21,24,26-28,30,32-72,74-76,78-81H2,1-2H3,(H,86,89)/b22-20-,25-23-,31-29-,77-73+. The van der Waals surface area contributed by atoms with Crippen molar-refractivity contribution in [3.05, 3.63) is 48.6 Å². The molecule has 0 saturated carbocycles. The number of ether oxygens (including phenoxy) is 1. The van der Waals surface area contributed by atoms with Crippen molar-refractivity contribution >= 4 is 11.9 Å². The third kappa shape index (κ3) is 76.7. The third-order valence-corrected chi connectivity index (χ3v) is 19.3. The molecule has 1 amide bonds. The highest BCUT2D eigenvalue weighted by molar-refractivity contribution is 5.76. The summed E-state index contributed by atoms with van der Waals surface area (Å²) in [6.45, 7) is 4.95. The molecule has 0 aliphatic carbocycles. The molecule has 0 aliphatic heterocycles. The molecule has 0 spiro atoms. The first-order chi connectivity index (χ1) is 45.0. The molecule has 536 valence electrons. The molecule has 0 saturated heterocycles. The Bertz CT molecular complexity index is 1520. The number of aliphatic hydroxyl groups is 2. The fraction of sp³-hybridized carbons (Fsp3) is 0.882. The van der Waals surface area contributed by atoms with Gasteiger partial charge in [-0.25, -0.2) is 0 Å². The molecule has 0 heterocycles. The maximum atomic E-state index is 12.5. The maximum Gasteiger partial charge on any atom is 0.305 e. The van der Waals surface area contributed by atoms with Crippen LogP contribution >= 0.6 is 0 Å². The number of carbonyl (C=O) groups excluding carboxylic acids is 2. The zero-order valence-corrected chi connectivity index (χ0v) is 61.6. The van der Waals surface area contributed by atoms with Crippen LogP contribution in [0.4, 0.5) is 0 Å². The van der Waals surface area contributed by atoms with Gasteiger partial charge in [0.25, 0.3) is 0 Å². The monoisotopic (exact) mass is 1280 g/mol. The number of hydrogen-bond donors (Lipinski definition) is 3. The number of rotatable bonds is 78. The Hall–Kier alpha value is -2.18. The van der Waals surface area contributed by atoms with Crippen LogP contribution in [0.3, 0.4) is 0 Å². The quantitative estimate of drug-likeness (QED) is 0.0320. The smallest absolute Gasteiger partial charge is 0.305 e. The lowest BCUT2D eigenvalue weighted by molar-refractivity contribution is -0.143. The molecule has 91 heavy (non-hydrogen) atoms. The minimum atomic E-state index is -0.844. The van der Waals surface area contributed by atoms with Gasteiger partial charge in [0.05, 0.1) is 25.4 Å². The normalized spacial score (nSPS) is 12.7. The fourth-order valence-corrected chi connectivity index (χ4v) is 13.0. The van der Waals surface area contributed by atoms with Crippen molar-refractivity contribution < 1.29 is 24.5 Å². The van der Waals surface area contributed by atoms with Gasteiger partial charge in [-0.3, -0.25) is 9.59 Å². The molecule has 0 radical (unpaired) electrons. The summed E-state index contributed by atoms with van der Waals surface area (Å²) in [6.07, 6.45) is 107. The predicted molar refractivity (Wildman–Crippen MR) is 402 cm³/mol. The number of carbonyl (C=O) groups is 2. The first-order valence-electron chi connectivity index (χ1n) is 41.4. The van der Waals surface area contributed by atoms with E-state index < -0.39 is 12.1 Å². The van der Waals surface area contributed by atoms with Gasteiger partial charge < -0.3 is 20.3 Å². The minimum Gasteiger partial charge on any atom is -0.466 e. The summed E-state index contributed by atoms with van der Waals surface area (Å²) in [7, 11) is 0. The first-order valence-corrected chi connectivity index (χ1v) is 41.4. The summed E-state index contributed by atoms with van der Waals surface area (Å²) in [5.41, 5.74) is 0. The lowest BCUT2D eigenvalue weighted by atomic mass is 10.0. The average Bonchev–Trinajstić information content (AvgIpc) is 3.65. The number of nitrogens with one attached hydrogen (secondary N) is 1. The molecular weight excluding hydrogens is 1110 g/mol. The molecule has 0 rings (SSSR count). The summed E-state index contributed by atoms with van der Waals surface area (Å²) in [6, 6.07) is -0.627. The molecule has 2 atom stereocenters. The lowest BCUT2D eigenvalue weighted by Gasteiger charge is -2.20. The summed E-state index contributed by atoms with van der Waals surface area (Å²) >= 11 is 0. The molecule has 0 aromatic heterocycles. The van der Waals surface area contributed by atoms with E-state index in [2.05, 4.69) is 55.6 Å². The van der Waals surface area contributed by atoms with E-state index >= 15 is 0 Å². The summed E-state index contributed by atoms with van der Waals surface area (Å²) in [4.78, 5) is 24.7. The lowest BCUT2D eigenvalue weighted by Crippen LogP contribution is -2.45. The van der Waals surface area contributed by atoms with Crippen molar-refractivity contribution in [1.29, 1.82) is 0 Å². The number of amides is 1. The highest BCUT2D eigenvalue weighted by atomic mass is 16.5. The van der Waals surface area contributed by atoms with Gasteiger partial charge in [-0.05, 0) is 89.9 Å². The van der Waals surface area contributed by atoms with Gasteiger partial charge in [0, 0.05) is 12.8 Å². The topological polar surface area (TPSA) is 95.9 Å². The second-order valence-electron chi connectivity index (χ2n) is 28.4. The number of unbranched alkanes of at least 4 members (excludes halogenated alkanes) is 61. The maximum absolute atomic E-state index is 12.5. The Morgan fingerprint density at radius 2 is 0.549 bits per heavy atom. The number of aliphatic hydroxyl groups excluding tert-OH is 2. The molecule has 0 aromatic carbocycles. The van der Waals surface area contributed by atoms with Crippen LogP contribution in [0.15, 0.2) is 48.6 Å². The Morgan fingerprint density at radius 1 is 0.308 bits per heavy atom. The highest BCUT2D eigenvalue weighted by Gasteiger charge is 2.18. The van der Waals surface area contributed by atoms with Crippen LogP contribution in [0.2, 0.25) is 0 Å². The van der Waals surface area contributed by atoms with E-state index in [0.717, 1.165) is 51.4 Å². The Balaban J connectivity index is 3.37. The molecule has 6 heteroatoms. The van der Waals surface area contributed by atoms with E-state index in [4.69, 9.17) is 4.74 Å². The average molecular weight is 1280 g/mol. The predicted octanol–water partition coefficient (Wildman–Crippen LogP) is 27.5. The van der Waals surface area contributed by atoms with Crippen LogP contribution < -0.4 is 5.32 Å². The molecule has 0 bridgehead atoms. The number of hydrogen-bond acceptors (Lipinski definition) is 5. The van der Waals surface area contributed by atoms with E-state index in [1.807, 2.05) is 6.08 Å². The highest BCUT2D eigenvalue weighted by Crippen LogP contribution is 2.20. The summed E-state index contributed by atoms with van der Waals surface area (Å²) in [5, 5.41) is 23.3. The van der Waals surface area contributed by atoms with Gasteiger partial charge in [0.1, 0.15) is 0 Å². The third-order valence-electron chi connectivity index (χ3n) is 19.3. The zero-order chi connectivity index (χ0) is 65.6. The van der Waals surface area contributed by atoms with Crippen LogP contribution in [-0.4, -0.2) is 47.4 Å². The molecule has 3 N–H and O–H groups in total. The Labute approximate surface area is 569 Å². The van der Waals surface area contributed by atoms with Gasteiger partial charge in [-0.1, -0.05) is 403 Å². The van der Waals surface area contributed by atoms with E-state index in [-0.39, 0.29) is 18.5 Å². The van der Waals surface area contributed by atoms with Gasteiger partial charge in [0.2, 0.25) is 5.91 Å². The van der Waals surface area contributed by atoms with E-state index in [1.165, 1.54) is 379 Å². The Kier molecular flexibility index (Phi) is 78.3. The fourth-order valence-electron chi connectivity index (χ4n) is 13.0. The largest absolute Gasteiger partial charge is 0.466 e. The van der Waals surface area contributed by atoms with Gasteiger partial charge in [-0.15, -0.1) is 0 Å². The van der Waals surface area contributed by atoms with Crippen LogP contribution in [0, 0.1) is 0 Å². The summed E-state index contributed by atoms with van der Waals surface area (Å²) in [5.74, 6) is -0.0451. The Morgan fingerprint density at radius 3 is 0.846 bits per heavy atom. The van der Waals surface area contributed by atoms with Gasteiger partial charge >= 0.3 is 5.97 Å². The molecular formula is C85H161NO5. The van der Waals surface area contributed by atoms with E-state index in [1.54, 1.807) is 6.08 Å². The molecule has 0 fully saturated rings. The van der Waals surface area contributed by atoms with Crippen molar-refractivity contribution in [3.8, 4) is 0 Å². The van der Waals surface area contributed by atoms with E-state index in [0.29, 0.717) is 19.4 Å². The van der Waals surface area contributed by atoms with Crippen molar-refractivity contribution in [1.82, 2.24) is 5.32 Å². The number of esters is 1. The van der Waals surface area contributed by atoms with Crippen molar-refractivity contribution in [2.24, 2.45) is 0 Å². The van der Waals surface area contributed by atoms with Crippen molar-refractivity contribution in [3.63, 3.8) is 0 Å². The van der Waals surface area contributed by atoms with Crippen LogP contribution in [-0.2, 0) is 14.3 Å². The van der Waals surface area contributed by atoms with Crippen LogP contribution in [0.25, 0.3) is 0 Å². The van der Waals surface area contributed by atoms with Gasteiger partial charge in [-0.2, -0.15) is 0 Å². The zero-order valence-electron chi connectivity index (χ0n) is 61.6.